The normalized spacial score (nSPS) is 22.1. The van der Waals surface area contributed by atoms with Gasteiger partial charge in [0.05, 0.1) is 5.71 Å². The highest BCUT2D eigenvalue weighted by molar-refractivity contribution is 6.09. The van der Waals surface area contributed by atoms with Gasteiger partial charge in [-0.15, -0.1) is 0 Å². The van der Waals surface area contributed by atoms with Gasteiger partial charge in [0.25, 0.3) is 0 Å². The van der Waals surface area contributed by atoms with Gasteiger partial charge in [-0.25, -0.2) is 13.8 Å². The summed E-state index contributed by atoms with van der Waals surface area (Å²) in [5.74, 6) is -1.81. The average Bonchev–Trinajstić information content (AvgIpc) is 3.31. The summed E-state index contributed by atoms with van der Waals surface area (Å²) in [4.78, 5) is 7.40. The second kappa shape index (κ2) is 11.2. The van der Waals surface area contributed by atoms with E-state index < -0.39 is 17.4 Å². The molecule has 0 aliphatic carbocycles. The molecule has 1 saturated heterocycles. The van der Waals surface area contributed by atoms with Gasteiger partial charge in [0.15, 0.2) is 5.79 Å². The number of aliphatic imine (C=N–C) groups is 1. The number of likely N-dealkylation sites (N-methyl/N-ethyl adjacent to an activating group) is 1. The predicted molar refractivity (Wildman–Crippen MR) is 134 cm³/mol. The Balaban J connectivity index is 1.39. The third kappa shape index (κ3) is 6.72. The van der Waals surface area contributed by atoms with Crippen LogP contribution in [-0.2, 0) is 13.0 Å². The van der Waals surface area contributed by atoms with Crippen LogP contribution in [0.25, 0.3) is 0 Å². The molecule has 182 valence electrons. The lowest BCUT2D eigenvalue weighted by Gasteiger charge is -2.31. The van der Waals surface area contributed by atoms with E-state index in [1.165, 1.54) is 30.5 Å². The number of allylic oxidation sites excluding steroid dienone is 1. The maximum atomic E-state index is 13.4. The Morgan fingerprint density at radius 1 is 1.15 bits per heavy atom. The van der Waals surface area contributed by atoms with Gasteiger partial charge >= 0.3 is 0 Å². The van der Waals surface area contributed by atoms with Crippen molar-refractivity contribution in [3.05, 3.63) is 83.1 Å². The molecule has 0 amide bonds. The Bertz CT molecular complexity index is 1010. The minimum Gasteiger partial charge on any atom is -0.355 e. The maximum absolute atomic E-state index is 13.4. The second-order valence-corrected chi connectivity index (χ2v) is 9.32. The molecule has 2 aliphatic heterocycles. The van der Waals surface area contributed by atoms with E-state index in [4.69, 9.17) is 4.99 Å². The number of hydrogen-bond donors (Lipinski definition) is 3. The van der Waals surface area contributed by atoms with Crippen molar-refractivity contribution in [3.63, 3.8) is 0 Å². The molecular weight excluding hydrogens is 432 g/mol. The van der Waals surface area contributed by atoms with E-state index in [2.05, 4.69) is 52.0 Å². The van der Waals surface area contributed by atoms with E-state index >= 15 is 0 Å². The van der Waals surface area contributed by atoms with Crippen LogP contribution in [-0.4, -0.2) is 48.6 Å². The molecule has 0 aromatic heterocycles. The summed E-state index contributed by atoms with van der Waals surface area (Å²) in [6.45, 7) is 8.83. The minimum absolute atomic E-state index is 0.499. The third-order valence-electron chi connectivity index (χ3n) is 6.47. The summed E-state index contributed by atoms with van der Waals surface area (Å²) in [7, 11) is 0. The molecule has 0 bridgehead atoms. The van der Waals surface area contributed by atoms with Gasteiger partial charge in [-0.3, -0.25) is 10.2 Å². The molecule has 2 heterocycles. The molecule has 3 N–H and O–H groups in total. The maximum Gasteiger partial charge on any atom is 0.182 e. The number of rotatable bonds is 10. The Morgan fingerprint density at radius 2 is 1.97 bits per heavy atom. The van der Waals surface area contributed by atoms with Crippen LogP contribution in [0.4, 0.5) is 8.78 Å². The van der Waals surface area contributed by atoms with Crippen molar-refractivity contribution >= 4 is 5.71 Å². The Morgan fingerprint density at radius 3 is 2.71 bits per heavy atom. The number of nitrogens with zero attached hydrogens (tertiary/aromatic N) is 2. The number of halogens is 2. The van der Waals surface area contributed by atoms with E-state index in [0.29, 0.717) is 24.6 Å². The zero-order chi connectivity index (χ0) is 24.0. The fraction of sp³-hybridized carbons (Fsp3) is 0.444. The summed E-state index contributed by atoms with van der Waals surface area (Å²) >= 11 is 0. The van der Waals surface area contributed by atoms with E-state index in [1.54, 1.807) is 0 Å². The zero-order valence-electron chi connectivity index (χ0n) is 20.1. The molecule has 34 heavy (non-hydrogen) atoms. The first-order chi connectivity index (χ1) is 16.4. The van der Waals surface area contributed by atoms with Crippen LogP contribution in [0.5, 0.6) is 0 Å². The van der Waals surface area contributed by atoms with Crippen LogP contribution in [0.3, 0.4) is 0 Å². The Kier molecular flexibility index (Phi) is 8.08. The quantitative estimate of drug-likeness (QED) is 0.495. The van der Waals surface area contributed by atoms with Gasteiger partial charge in [-0.05, 0) is 74.7 Å². The topological polar surface area (TPSA) is 51.7 Å². The Hall–Kier alpha value is -2.61. The highest BCUT2D eigenvalue weighted by Crippen LogP contribution is 2.17. The molecule has 2 aromatic carbocycles. The molecule has 0 saturated carbocycles. The van der Waals surface area contributed by atoms with Gasteiger partial charge in [-0.2, -0.15) is 0 Å². The van der Waals surface area contributed by atoms with Crippen LogP contribution in [0.2, 0.25) is 0 Å². The SMILES string of the molecule is CCN(Cc1cccc(C2=NC(C)(NCCc3cc(F)cc(F)c3)NC=C2)c1)C[C@H]1CCCN1. The highest BCUT2D eigenvalue weighted by Gasteiger charge is 2.24. The summed E-state index contributed by atoms with van der Waals surface area (Å²) in [6, 6.07) is 12.8. The predicted octanol–water partition coefficient (Wildman–Crippen LogP) is 3.95. The van der Waals surface area contributed by atoms with Crippen LogP contribution >= 0.6 is 0 Å². The molecule has 0 spiro atoms. The van der Waals surface area contributed by atoms with Crippen molar-refractivity contribution in [3.8, 4) is 0 Å². The first kappa shape index (κ1) is 24.5. The summed E-state index contributed by atoms with van der Waals surface area (Å²) in [5.41, 5.74) is 3.86. The lowest BCUT2D eigenvalue weighted by atomic mass is 10.0. The minimum atomic E-state index is -0.699. The fourth-order valence-electron chi connectivity index (χ4n) is 4.67. The van der Waals surface area contributed by atoms with Crippen LogP contribution in [0, 0.1) is 11.6 Å². The molecule has 1 unspecified atom stereocenters. The Labute approximate surface area is 201 Å². The van der Waals surface area contributed by atoms with Gasteiger partial charge in [0, 0.05) is 43.5 Å². The van der Waals surface area contributed by atoms with Crippen LogP contribution < -0.4 is 16.0 Å². The zero-order valence-corrected chi connectivity index (χ0v) is 20.1. The summed E-state index contributed by atoms with van der Waals surface area (Å²) < 4.78 is 26.9. The van der Waals surface area contributed by atoms with Crippen molar-refractivity contribution in [1.82, 2.24) is 20.9 Å². The van der Waals surface area contributed by atoms with Crippen molar-refractivity contribution < 1.29 is 8.78 Å². The number of hydrogen-bond acceptors (Lipinski definition) is 5. The van der Waals surface area contributed by atoms with E-state index in [9.17, 15) is 8.78 Å². The van der Waals surface area contributed by atoms with Crippen LogP contribution in [0.15, 0.2) is 59.7 Å². The standard InChI is InChI=1S/C27H35F2N5/c1-3-34(19-25-8-5-11-30-25)18-21-6-4-7-22(14-21)26-10-13-32-27(2,33-26)31-12-9-20-15-23(28)17-24(29)16-20/h4,6-7,10,13-17,25,30-32H,3,5,8-9,11-12,18-19H2,1-2H3/t25-,27?/m1/s1. The van der Waals surface area contributed by atoms with Gasteiger partial charge in [-0.1, -0.05) is 25.1 Å². The second-order valence-electron chi connectivity index (χ2n) is 9.32. The van der Waals surface area contributed by atoms with Crippen molar-refractivity contribution in [2.75, 3.05) is 26.2 Å². The highest BCUT2D eigenvalue weighted by atomic mass is 19.1. The molecule has 2 atom stereocenters. The van der Waals surface area contributed by atoms with Gasteiger partial charge in [0.2, 0.25) is 0 Å². The number of nitrogens with one attached hydrogen (secondary N) is 3. The molecule has 0 radical (unpaired) electrons. The fourth-order valence-corrected chi connectivity index (χ4v) is 4.67. The average molecular weight is 468 g/mol. The van der Waals surface area contributed by atoms with Gasteiger partial charge < -0.3 is 10.6 Å². The molecule has 2 aliphatic rings. The first-order valence-corrected chi connectivity index (χ1v) is 12.2. The molecule has 4 rings (SSSR count). The van der Waals surface area contributed by atoms with Crippen molar-refractivity contribution in [2.45, 2.75) is 51.5 Å². The van der Waals surface area contributed by atoms with Crippen molar-refractivity contribution in [2.24, 2.45) is 4.99 Å². The molecule has 2 aromatic rings. The van der Waals surface area contributed by atoms with E-state index in [1.807, 2.05) is 19.2 Å². The lowest BCUT2D eigenvalue weighted by molar-refractivity contribution is 0.253. The monoisotopic (exact) mass is 467 g/mol. The molecule has 7 heteroatoms. The first-order valence-electron chi connectivity index (χ1n) is 12.2. The lowest BCUT2D eigenvalue weighted by Crippen LogP contribution is -2.53. The van der Waals surface area contributed by atoms with Crippen molar-refractivity contribution in [1.29, 1.82) is 0 Å². The van der Waals surface area contributed by atoms with E-state index in [-0.39, 0.29) is 0 Å². The summed E-state index contributed by atoms with van der Waals surface area (Å²) in [6.07, 6.45) is 6.89. The number of benzene rings is 2. The molecule has 5 nitrogen and oxygen atoms in total. The molecule has 1 fully saturated rings. The van der Waals surface area contributed by atoms with Crippen LogP contribution in [0.1, 0.15) is 43.4 Å². The molecular formula is C27H35F2N5. The van der Waals surface area contributed by atoms with E-state index in [0.717, 1.165) is 43.5 Å². The third-order valence-corrected chi connectivity index (χ3v) is 6.47. The van der Waals surface area contributed by atoms with Gasteiger partial charge in [0.1, 0.15) is 11.6 Å². The largest absolute Gasteiger partial charge is 0.355 e. The smallest absolute Gasteiger partial charge is 0.182 e. The summed E-state index contributed by atoms with van der Waals surface area (Å²) in [5, 5.41) is 10.2.